The Kier molecular flexibility index (Phi) is 7.71. The van der Waals surface area contributed by atoms with Crippen molar-refractivity contribution in [2.45, 2.75) is 50.5 Å². The number of hydrogen-bond acceptors (Lipinski definition) is 5. The van der Waals surface area contributed by atoms with E-state index in [4.69, 9.17) is 40.2 Å². The Morgan fingerprint density at radius 3 is 2.66 bits per heavy atom. The summed E-state index contributed by atoms with van der Waals surface area (Å²) in [4.78, 5) is 11.3. The Bertz CT molecular complexity index is 936. The number of nitrogens with zero attached hydrogens (tertiary/aromatic N) is 3. The lowest BCUT2D eigenvalue weighted by Crippen LogP contribution is -2.45. The summed E-state index contributed by atoms with van der Waals surface area (Å²) < 4.78 is 5.62. The van der Waals surface area contributed by atoms with Crippen molar-refractivity contribution in [2.24, 2.45) is 0 Å². The van der Waals surface area contributed by atoms with E-state index in [1.54, 1.807) is 0 Å². The molecular weight excluding hydrogens is 465 g/mol. The molecule has 1 unspecified atom stereocenters. The Hall–Kier alpha value is -1.67. The summed E-state index contributed by atoms with van der Waals surface area (Å²) in [5.74, 6) is 1.25. The number of hydrogen-bond donors (Lipinski definition) is 2. The average Bonchev–Trinajstić information content (AvgIpc) is 2.79. The molecule has 0 saturated carbocycles. The first-order valence-corrected chi connectivity index (χ1v) is 12.3. The number of ether oxygens (including phenoxy) is 1. The van der Waals surface area contributed by atoms with Crippen molar-refractivity contribution in [1.29, 1.82) is 0 Å². The quantitative estimate of drug-likeness (QED) is 0.438. The lowest BCUT2D eigenvalue weighted by Gasteiger charge is -2.38. The van der Waals surface area contributed by atoms with Crippen molar-refractivity contribution in [1.82, 2.24) is 15.3 Å². The second kappa shape index (κ2) is 10.5. The van der Waals surface area contributed by atoms with Crippen molar-refractivity contribution < 1.29 is 4.74 Å². The molecule has 0 bridgehead atoms. The van der Waals surface area contributed by atoms with E-state index in [0.29, 0.717) is 28.8 Å². The molecule has 0 aliphatic carbocycles. The van der Waals surface area contributed by atoms with E-state index < -0.39 is 0 Å². The Balaban J connectivity index is 1.44. The summed E-state index contributed by atoms with van der Waals surface area (Å²) in [5, 5.41) is 8.12. The second-order valence-electron chi connectivity index (χ2n) is 8.62. The molecule has 0 spiro atoms. The summed E-state index contributed by atoms with van der Waals surface area (Å²) in [7, 11) is 0. The van der Waals surface area contributed by atoms with Crippen LogP contribution in [0.5, 0.6) is 0 Å². The molecule has 0 amide bonds. The number of benzene rings is 1. The predicted octanol–water partition coefficient (Wildman–Crippen LogP) is 5.20. The molecule has 2 aromatic rings. The highest BCUT2D eigenvalue weighted by Crippen LogP contribution is 2.35. The van der Waals surface area contributed by atoms with E-state index in [-0.39, 0.29) is 5.41 Å². The van der Waals surface area contributed by atoms with Gasteiger partial charge in [0.2, 0.25) is 5.95 Å². The Labute approximate surface area is 205 Å². The standard InChI is InChI=1S/C23H29Cl2N5OS/c1-16-4-2-3-11-30(16)20-14-19(25)27-21(28-20)29-22(32)26-15-23(9-12-31-13-10-23)17-5-7-18(24)8-6-17/h5-8,14,16H,2-4,9-13,15H2,1H3,(H2,26,27,28,29,32). The largest absolute Gasteiger partial charge is 0.381 e. The maximum atomic E-state index is 6.31. The van der Waals surface area contributed by atoms with Crippen LogP contribution in [0.4, 0.5) is 11.8 Å². The molecule has 3 heterocycles. The number of aromatic nitrogens is 2. The van der Waals surface area contributed by atoms with Crippen LogP contribution in [-0.2, 0) is 10.2 Å². The van der Waals surface area contributed by atoms with Crippen LogP contribution in [0, 0.1) is 0 Å². The van der Waals surface area contributed by atoms with E-state index in [1.165, 1.54) is 12.0 Å². The van der Waals surface area contributed by atoms with Gasteiger partial charge in [0.05, 0.1) is 0 Å². The van der Waals surface area contributed by atoms with Gasteiger partial charge in [-0.3, -0.25) is 0 Å². The molecule has 2 aliphatic heterocycles. The number of halogens is 2. The molecule has 2 aliphatic rings. The van der Waals surface area contributed by atoms with Gasteiger partial charge in [-0.25, -0.2) is 4.98 Å². The van der Waals surface area contributed by atoms with Gasteiger partial charge in [-0.1, -0.05) is 35.3 Å². The van der Waals surface area contributed by atoms with Crippen LogP contribution in [0.2, 0.25) is 10.2 Å². The van der Waals surface area contributed by atoms with E-state index in [2.05, 4.69) is 44.6 Å². The van der Waals surface area contributed by atoms with Gasteiger partial charge < -0.3 is 20.3 Å². The lowest BCUT2D eigenvalue weighted by molar-refractivity contribution is 0.0515. The molecule has 2 N–H and O–H groups in total. The highest BCUT2D eigenvalue weighted by molar-refractivity contribution is 7.80. The number of piperidine rings is 1. The first-order chi connectivity index (χ1) is 15.4. The van der Waals surface area contributed by atoms with Crippen LogP contribution in [0.1, 0.15) is 44.6 Å². The first-order valence-electron chi connectivity index (χ1n) is 11.2. The molecule has 172 valence electrons. The van der Waals surface area contributed by atoms with Gasteiger partial charge in [0.1, 0.15) is 11.0 Å². The van der Waals surface area contributed by atoms with Crippen LogP contribution in [0.3, 0.4) is 0 Å². The topological polar surface area (TPSA) is 62.3 Å². The number of rotatable bonds is 5. The minimum absolute atomic E-state index is 0.0713. The van der Waals surface area contributed by atoms with Crippen LogP contribution >= 0.6 is 35.4 Å². The van der Waals surface area contributed by atoms with E-state index in [1.807, 2.05) is 18.2 Å². The monoisotopic (exact) mass is 493 g/mol. The molecular formula is C23H29Cl2N5OS. The summed E-state index contributed by atoms with van der Waals surface area (Å²) in [5.41, 5.74) is 1.17. The molecule has 1 aromatic heterocycles. The third kappa shape index (κ3) is 5.63. The second-order valence-corrected chi connectivity index (χ2v) is 9.85. The molecule has 2 saturated heterocycles. The maximum absolute atomic E-state index is 6.31. The fourth-order valence-electron chi connectivity index (χ4n) is 4.58. The normalized spacial score (nSPS) is 20.6. The minimum Gasteiger partial charge on any atom is -0.381 e. The van der Waals surface area contributed by atoms with Crippen molar-refractivity contribution in [2.75, 3.05) is 36.5 Å². The minimum atomic E-state index is -0.0713. The molecule has 0 radical (unpaired) electrons. The molecule has 1 aromatic carbocycles. The summed E-state index contributed by atoms with van der Waals surface area (Å²) in [6, 6.07) is 10.3. The third-order valence-corrected chi connectivity index (χ3v) is 7.19. The van der Waals surface area contributed by atoms with E-state index in [9.17, 15) is 0 Å². The van der Waals surface area contributed by atoms with Gasteiger partial charge in [0.15, 0.2) is 5.11 Å². The zero-order valence-electron chi connectivity index (χ0n) is 18.2. The van der Waals surface area contributed by atoms with Crippen molar-refractivity contribution in [3.05, 3.63) is 46.1 Å². The summed E-state index contributed by atoms with van der Waals surface area (Å²) in [6.45, 7) is 5.32. The third-order valence-electron chi connectivity index (χ3n) is 6.50. The SMILES string of the molecule is CC1CCCCN1c1cc(Cl)nc(NC(=S)NCC2(c3ccc(Cl)cc3)CCOCC2)n1. The lowest BCUT2D eigenvalue weighted by atomic mass is 9.74. The van der Waals surface area contributed by atoms with E-state index >= 15 is 0 Å². The molecule has 1 atom stereocenters. The van der Waals surface area contributed by atoms with Crippen LogP contribution < -0.4 is 15.5 Å². The van der Waals surface area contributed by atoms with Gasteiger partial charge in [-0.2, -0.15) is 4.98 Å². The summed E-state index contributed by atoms with van der Waals surface area (Å²) in [6.07, 6.45) is 5.38. The molecule has 32 heavy (non-hydrogen) atoms. The maximum Gasteiger partial charge on any atom is 0.232 e. The highest BCUT2D eigenvalue weighted by atomic mass is 35.5. The molecule has 6 nitrogen and oxygen atoms in total. The number of anilines is 2. The van der Waals surface area contributed by atoms with Crippen LogP contribution in [-0.4, -0.2) is 47.4 Å². The number of thiocarbonyl (C=S) groups is 1. The predicted molar refractivity (Wildman–Crippen MR) is 135 cm³/mol. The van der Waals surface area contributed by atoms with E-state index in [0.717, 1.165) is 56.3 Å². The summed E-state index contributed by atoms with van der Waals surface area (Å²) >= 11 is 18.0. The van der Waals surface area contributed by atoms with Gasteiger partial charge in [-0.15, -0.1) is 0 Å². The number of nitrogens with one attached hydrogen (secondary N) is 2. The molecule has 9 heteroatoms. The van der Waals surface area contributed by atoms with Gasteiger partial charge >= 0.3 is 0 Å². The average molecular weight is 494 g/mol. The fourth-order valence-corrected chi connectivity index (χ4v) is 5.04. The van der Waals surface area contributed by atoms with Gasteiger partial charge in [0.25, 0.3) is 0 Å². The Morgan fingerprint density at radius 2 is 1.94 bits per heavy atom. The molecule has 4 rings (SSSR count). The van der Waals surface area contributed by atoms with Crippen LogP contribution in [0.15, 0.2) is 30.3 Å². The Morgan fingerprint density at radius 1 is 1.19 bits per heavy atom. The molecule has 2 fully saturated rings. The zero-order chi connectivity index (χ0) is 22.6. The first kappa shape index (κ1) is 23.5. The fraction of sp³-hybridized carbons (Fsp3) is 0.522. The zero-order valence-corrected chi connectivity index (χ0v) is 20.6. The van der Waals surface area contributed by atoms with Gasteiger partial charge in [-0.05, 0) is 68.9 Å². The van der Waals surface area contributed by atoms with Crippen LogP contribution in [0.25, 0.3) is 0 Å². The van der Waals surface area contributed by atoms with Crippen molar-refractivity contribution >= 4 is 52.3 Å². The van der Waals surface area contributed by atoms with Gasteiger partial charge in [0, 0.05) is 48.8 Å². The smallest absolute Gasteiger partial charge is 0.232 e. The van der Waals surface area contributed by atoms with Crippen molar-refractivity contribution in [3.8, 4) is 0 Å². The highest BCUT2D eigenvalue weighted by Gasteiger charge is 2.34. The van der Waals surface area contributed by atoms with Crippen molar-refractivity contribution in [3.63, 3.8) is 0 Å².